The van der Waals surface area contributed by atoms with Crippen molar-refractivity contribution in [2.45, 2.75) is 25.8 Å². The molecule has 2 aromatic rings. The number of nitrogens with two attached hydrogens (primary N) is 1. The second kappa shape index (κ2) is 8.70. The zero-order chi connectivity index (χ0) is 16.0. The van der Waals surface area contributed by atoms with E-state index >= 15 is 0 Å². The minimum atomic E-state index is -0.992. The van der Waals surface area contributed by atoms with Gasteiger partial charge in [-0.2, -0.15) is 0 Å². The number of rotatable bonds is 6. The monoisotopic (exact) mass is 332 g/mol. The number of likely N-dealkylation sites (N-methyl/N-ethyl adjacent to an activating group) is 1. The van der Waals surface area contributed by atoms with Crippen LogP contribution < -0.4 is 5.73 Å². The Kier molecular flexibility index (Phi) is 7.27. The molecule has 0 heterocycles. The first-order valence-electron chi connectivity index (χ1n) is 7.73. The number of nitrogens with zero attached hydrogens (tertiary/aromatic N) is 1. The molecule has 0 radical (unpaired) electrons. The number of benzene rings is 2. The number of amides is 1. The molecule has 0 aliphatic rings. The van der Waals surface area contributed by atoms with Crippen LogP contribution in [0.2, 0.25) is 0 Å². The van der Waals surface area contributed by atoms with Gasteiger partial charge < -0.3 is 10.6 Å². The zero-order valence-corrected chi connectivity index (χ0v) is 14.6. The maximum atomic E-state index is 12.8. The normalized spacial score (nSPS) is 12.8. The first kappa shape index (κ1) is 19.2. The van der Waals surface area contributed by atoms with Crippen LogP contribution in [0.15, 0.2) is 60.7 Å². The van der Waals surface area contributed by atoms with Crippen molar-refractivity contribution in [3.8, 4) is 0 Å². The summed E-state index contributed by atoms with van der Waals surface area (Å²) in [5.41, 5.74) is 7.42. The maximum absolute atomic E-state index is 12.8. The van der Waals surface area contributed by atoms with E-state index in [-0.39, 0.29) is 18.3 Å². The summed E-state index contributed by atoms with van der Waals surface area (Å²) in [5.74, 6) is -0.0304. The van der Waals surface area contributed by atoms with Crippen molar-refractivity contribution < 1.29 is 4.79 Å². The van der Waals surface area contributed by atoms with E-state index in [0.29, 0.717) is 13.1 Å². The van der Waals surface area contributed by atoms with Gasteiger partial charge in [0, 0.05) is 13.1 Å². The van der Waals surface area contributed by atoms with Gasteiger partial charge in [-0.25, -0.2) is 0 Å². The van der Waals surface area contributed by atoms with E-state index in [2.05, 4.69) is 12.1 Å². The molecule has 0 bridgehead atoms. The first-order valence-corrected chi connectivity index (χ1v) is 7.73. The second-order valence-corrected chi connectivity index (χ2v) is 5.69. The quantitative estimate of drug-likeness (QED) is 0.881. The van der Waals surface area contributed by atoms with E-state index in [1.54, 1.807) is 6.92 Å². The van der Waals surface area contributed by atoms with Crippen LogP contribution in [0.5, 0.6) is 0 Å². The van der Waals surface area contributed by atoms with Gasteiger partial charge in [0.15, 0.2) is 0 Å². The van der Waals surface area contributed by atoms with Crippen molar-refractivity contribution in [1.29, 1.82) is 0 Å². The van der Waals surface area contributed by atoms with Crippen LogP contribution in [0.25, 0.3) is 0 Å². The van der Waals surface area contributed by atoms with Crippen LogP contribution >= 0.6 is 12.4 Å². The summed E-state index contributed by atoms with van der Waals surface area (Å²) < 4.78 is 0. The molecule has 1 amide bonds. The molecule has 124 valence electrons. The average molecular weight is 333 g/mol. The van der Waals surface area contributed by atoms with Gasteiger partial charge in [-0.3, -0.25) is 4.79 Å². The molecule has 1 atom stereocenters. The van der Waals surface area contributed by atoms with Crippen LogP contribution in [0.3, 0.4) is 0 Å². The summed E-state index contributed by atoms with van der Waals surface area (Å²) >= 11 is 0. The Balaban J connectivity index is 0.00000264. The molecular formula is C19H25ClN2O. The highest BCUT2D eigenvalue weighted by Gasteiger charge is 2.33. The Morgan fingerprint density at radius 2 is 1.57 bits per heavy atom. The lowest BCUT2D eigenvalue weighted by molar-refractivity contribution is -0.136. The predicted octanol–water partition coefficient (Wildman–Crippen LogP) is 3.37. The van der Waals surface area contributed by atoms with Gasteiger partial charge in [-0.1, -0.05) is 60.7 Å². The predicted molar refractivity (Wildman–Crippen MR) is 97.6 cm³/mol. The largest absolute Gasteiger partial charge is 0.341 e. The number of hydrogen-bond acceptors (Lipinski definition) is 2. The molecule has 2 aromatic carbocycles. The summed E-state index contributed by atoms with van der Waals surface area (Å²) in [6.45, 7) is 5.12. The van der Waals surface area contributed by atoms with Crippen molar-refractivity contribution in [2.24, 2.45) is 5.73 Å². The minimum Gasteiger partial charge on any atom is -0.341 e. The van der Waals surface area contributed by atoms with E-state index in [1.807, 2.05) is 60.4 Å². The third kappa shape index (κ3) is 4.81. The summed E-state index contributed by atoms with van der Waals surface area (Å²) in [5, 5.41) is 0. The maximum Gasteiger partial charge on any atom is 0.246 e. The molecule has 0 spiro atoms. The molecule has 4 heteroatoms. The second-order valence-electron chi connectivity index (χ2n) is 5.69. The van der Waals surface area contributed by atoms with E-state index in [9.17, 15) is 4.79 Å². The number of hydrogen-bond donors (Lipinski definition) is 1. The number of halogens is 1. The topological polar surface area (TPSA) is 46.3 Å². The van der Waals surface area contributed by atoms with E-state index in [1.165, 1.54) is 5.56 Å². The first-order chi connectivity index (χ1) is 10.6. The van der Waals surface area contributed by atoms with E-state index < -0.39 is 5.54 Å². The Hall–Kier alpha value is -1.84. The van der Waals surface area contributed by atoms with Gasteiger partial charge in [0.25, 0.3) is 0 Å². The van der Waals surface area contributed by atoms with Crippen molar-refractivity contribution in [3.05, 3.63) is 71.8 Å². The van der Waals surface area contributed by atoms with Crippen LogP contribution in [0.4, 0.5) is 0 Å². The van der Waals surface area contributed by atoms with Crippen molar-refractivity contribution in [3.63, 3.8) is 0 Å². The molecule has 2 N–H and O–H groups in total. The highest BCUT2D eigenvalue weighted by Crippen LogP contribution is 2.20. The lowest BCUT2D eigenvalue weighted by Gasteiger charge is -2.31. The van der Waals surface area contributed by atoms with Gasteiger partial charge in [-0.05, 0) is 31.4 Å². The highest BCUT2D eigenvalue weighted by molar-refractivity contribution is 5.87. The van der Waals surface area contributed by atoms with Gasteiger partial charge >= 0.3 is 0 Å². The van der Waals surface area contributed by atoms with Gasteiger partial charge in [-0.15, -0.1) is 12.4 Å². The smallest absolute Gasteiger partial charge is 0.246 e. The molecule has 3 nitrogen and oxygen atoms in total. The van der Waals surface area contributed by atoms with Gasteiger partial charge in [0.1, 0.15) is 5.54 Å². The molecule has 0 aromatic heterocycles. The molecule has 0 saturated carbocycles. The Bertz CT molecular complexity index is 599. The fraction of sp³-hybridized carbons (Fsp3) is 0.316. The Labute approximate surface area is 144 Å². The van der Waals surface area contributed by atoms with E-state index in [0.717, 1.165) is 12.0 Å². The zero-order valence-electron chi connectivity index (χ0n) is 13.7. The summed E-state index contributed by atoms with van der Waals surface area (Å²) in [6, 6.07) is 19.8. The van der Waals surface area contributed by atoms with Crippen LogP contribution in [0.1, 0.15) is 25.0 Å². The molecular weight excluding hydrogens is 308 g/mol. The molecule has 2 rings (SSSR count). The van der Waals surface area contributed by atoms with Crippen molar-refractivity contribution in [2.75, 3.05) is 13.1 Å². The van der Waals surface area contributed by atoms with Gasteiger partial charge in [0.2, 0.25) is 5.91 Å². The SMILES string of the molecule is CCN(CCc1ccccc1)C(=O)C(C)(N)c1ccccc1.Cl. The standard InChI is InChI=1S/C19H24N2O.ClH/c1-3-21(15-14-16-10-6-4-7-11-16)18(22)19(2,20)17-12-8-5-9-13-17;/h4-13H,3,14-15,20H2,1-2H3;1H. The molecule has 0 fully saturated rings. The highest BCUT2D eigenvalue weighted by atomic mass is 35.5. The fourth-order valence-electron chi connectivity index (χ4n) is 2.55. The van der Waals surface area contributed by atoms with Crippen molar-refractivity contribution in [1.82, 2.24) is 4.90 Å². The van der Waals surface area contributed by atoms with E-state index in [4.69, 9.17) is 5.73 Å². The fourth-order valence-corrected chi connectivity index (χ4v) is 2.55. The summed E-state index contributed by atoms with van der Waals surface area (Å²) in [6.07, 6.45) is 0.839. The molecule has 0 aliphatic carbocycles. The number of carbonyl (C=O) groups is 1. The average Bonchev–Trinajstić information content (AvgIpc) is 2.57. The lowest BCUT2D eigenvalue weighted by Crippen LogP contribution is -2.51. The summed E-state index contributed by atoms with van der Waals surface area (Å²) in [7, 11) is 0. The third-order valence-corrected chi connectivity index (χ3v) is 4.00. The van der Waals surface area contributed by atoms with Crippen LogP contribution in [-0.4, -0.2) is 23.9 Å². The van der Waals surface area contributed by atoms with Crippen LogP contribution in [0, 0.1) is 0 Å². The van der Waals surface area contributed by atoms with Crippen molar-refractivity contribution >= 4 is 18.3 Å². The molecule has 0 aliphatic heterocycles. The molecule has 0 saturated heterocycles. The minimum absolute atomic E-state index is 0. The third-order valence-electron chi connectivity index (χ3n) is 4.00. The molecule has 1 unspecified atom stereocenters. The summed E-state index contributed by atoms with van der Waals surface area (Å²) in [4.78, 5) is 14.7. The Morgan fingerprint density at radius 1 is 1.04 bits per heavy atom. The Morgan fingerprint density at radius 3 is 2.09 bits per heavy atom. The molecule has 23 heavy (non-hydrogen) atoms. The van der Waals surface area contributed by atoms with Crippen LogP contribution in [-0.2, 0) is 16.8 Å². The van der Waals surface area contributed by atoms with Gasteiger partial charge in [0.05, 0.1) is 0 Å². The lowest BCUT2D eigenvalue weighted by atomic mass is 9.91. The number of carbonyl (C=O) groups excluding carboxylic acids is 1.